The highest BCUT2D eigenvalue weighted by atomic mass is 35.5. The molecule has 27 heavy (non-hydrogen) atoms. The Morgan fingerprint density at radius 3 is 2.30 bits per heavy atom. The molecular weight excluding hydrogens is 411 g/mol. The van der Waals surface area contributed by atoms with Crippen LogP contribution in [-0.2, 0) is 4.79 Å². The third kappa shape index (κ3) is 5.03. The number of carbonyl (C=O) groups excluding carboxylic acids is 2. The van der Waals surface area contributed by atoms with Gasteiger partial charge in [-0.1, -0.05) is 34.8 Å². The quantitative estimate of drug-likeness (QED) is 0.762. The summed E-state index contributed by atoms with van der Waals surface area (Å²) in [5.74, 6) is -0.687. The molecule has 1 aliphatic rings. The fraction of sp³-hybridized carbons (Fsp3) is 0.278. The van der Waals surface area contributed by atoms with Gasteiger partial charge >= 0.3 is 0 Å². The number of hydrogen-bond donors (Lipinski definition) is 1. The fourth-order valence-electron chi connectivity index (χ4n) is 2.79. The van der Waals surface area contributed by atoms with E-state index in [-0.39, 0.29) is 28.3 Å². The monoisotopic (exact) mass is 426 g/mol. The van der Waals surface area contributed by atoms with Crippen molar-refractivity contribution >= 4 is 52.3 Å². The molecule has 0 unspecified atom stereocenters. The van der Waals surface area contributed by atoms with Gasteiger partial charge in [0.1, 0.15) is 10.8 Å². The summed E-state index contributed by atoms with van der Waals surface area (Å²) in [6.07, 6.45) is 0. The van der Waals surface area contributed by atoms with E-state index in [4.69, 9.17) is 34.8 Å². The SMILES string of the molecule is O=C(NCC(=O)N1CCN(c2ccc(Cl)cc2)CC1)c1nc(Cl)ccc1Cl. The van der Waals surface area contributed by atoms with Crippen LogP contribution >= 0.6 is 34.8 Å². The Labute approximate surface area is 172 Å². The third-order valence-corrected chi connectivity index (χ3v) is 5.02. The van der Waals surface area contributed by atoms with Gasteiger partial charge in [0.15, 0.2) is 0 Å². The molecule has 1 aliphatic heterocycles. The Balaban J connectivity index is 1.50. The first-order chi connectivity index (χ1) is 12.9. The average Bonchev–Trinajstić information content (AvgIpc) is 2.68. The van der Waals surface area contributed by atoms with Gasteiger partial charge < -0.3 is 15.1 Å². The van der Waals surface area contributed by atoms with Crippen molar-refractivity contribution in [2.75, 3.05) is 37.6 Å². The Morgan fingerprint density at radius 1 is 0.963 bits per heavy atom. The maximum absolute atomic E-state index is 12.4. The van der Waals surface area contributed by atoms with Crippen molar-refractivity contribution in [2.24, 2.45) is 0 Å². The lowest BCUT2D eigenvalue weighted by molar-refractivity contribution is -0.130. The van der Waals surface area contributed by atoms with Crippen LogP contribution in [0, 0.1) is 0 Å². The molecule has 1 fully saturated rings. The van der Waals surface area contributed by atoms with E-state index in [1.54, 1.807) is 4.90 Å². The molecule has 0 bridgehead atoms. The van der Waals surface area contributed by atoms with Crippen molar-refractivity contribution in [3.05, 3.63) is 57.3 Å². The first-order valence-corrected chi connectivity index (χ1v) is 9.46. The minimum Gasteiger partial charge on any atom is -0.368 e. The number of halogens is 3. The van der Waals surface area contributed by atoms with E-state index in [0.29, 0.717) is 31.2 Å². The predicted octanol–water partition coefficient (Wildman–Crippen LogP) is 3.12. The number of pyridine rings is 1. The first kappa shape index (κ1) is 19.7. The zero-order valence-electron chi connectivity index (χ0n) is 14.3. The van der Waals surface area contributed by atoms with Gasteiger partial charge in [-0.15, -0.1) is 0 Å². The number of benzene rings is 1. The van der Waals surface area contributed by atoms with Crippen LogP contribution in [-0.4, -0.2) is 54.4 Å². The van der Waals surface area contributed by atoms with Crippen molar-refractivity contribution in [3.8, 4) is 0 Å². The van der Waals surface area contributed by atoms with E-state index in [1.165, 1.54) is 12.1 Å². The minimum absolute atomic E-state index is 0.00419. The molecular formula is C18H17Cl3N4O2. The minimum atomic E-state index is -0.532. The van der Waals surface area contributed by atoms with Gasteiger partial charge in [-0.3, -0.25) is 9.59 Å². The van der Waals surface area contributed by atoms with Crippen LogP contribution in [0.4, 0.5) is 5.69 Å². The molecule has 2 amide bonds. The highest BCUT2D eigenvalue weighted by Gasteiger charge is 2.22. The summed E-state index contributed by atoms with van der Waals surface area (Å²) in [4.78, 5) is 32.3. The summed E-state index contributed by atoms with van der Waals surface area (Å²) < 4.78 is 0. The van der Waals surface area contributed by atoms with Gasteiger partial charge in [0.25, 0.3) is 5.91 Å². The molecule has 1 saturated heterocycles. The van der Waals surface area contributed by atoms with Crippen LogP contribution in [0.3, 0.4) is 0 Å². The molecule has 0 aliphatic carbocycles. The predicted molar refractivity (Wildman–Crippen MR) is 107 cm³/mol. The van der Waals surface area contributed by atoms with Crippen molar-refractivity contribution < 1.29 is 9.59 Å². The average molecular weight is 428 g/mol. The number of rotatable bonds is 4. The van der Waals surface area contributed by atoms with Gasteiger partial charge in [-0.05, 0) is 36.4 Å². The van der Waals surface area contributed by atoms with E-state index in [1.807, 2.05) is 24.3 Å². The van der Waals surface area contributed by atoms with Crippen LogP contribution in [0.15, 0.2) is 36.4 Å². The molecule has 1 N–H and O–H groups in total. The van der Waals surface area contributed by atoms with E-state index in [9.17, 15) is 9.59 Å². The summed E-state index contributed by atoms with van der Waals surface area (Å²) in [6.45, 7) is 2.46. The Kier molecular flexibility index (Phi) is 6.42. The van der Waals surface area contributed by atoms with Crippen LogP contribution in [0.5, 0.6) is 0 Å². The summed E-state index contributed by atoms with van der Waals surface area (Å²) in [7, 11) is 0. The molecule has 2 heterocycles. The van der Waals surface area contributed by atoms with Crippen molar-refractivity contribution in [2.45, 2.75) is 0 Å². The summed E-state index contributed by atoms with van der Waals surface area (Å²) >= 11 is 17.6. The summed E-state index contributed by atoms with van der Waals surface area (Å²) in [5, 5.41) is 3.58. The Morgan fingerprint density at radius 2 is 1.63 bits per heavy atom. The number of anilines is 1. The molecule has 2 aromatic rings. The van der Waals surface area contributed by atoms with Crippen molar-refractivity contribution in [1.29, 1.82) is 0 Å². The normalized spacial score (nSPS) is 14.2. The zero-order chi connectivity index (χ0) is 19.4. The van der Waals surface area contributed by atoms with Crippen LogP contribution in [0.25, 0.3) is 0 Å². The molecule has 142 valence electrons. The molecule has 6 nitrogen and oxygen atoms in total. The maximum Gasteiger partial charge on any atom is 0.271 e. The maximum atomic E-state index is 12.4. The molecule has 9 heteroatoms. The number of nitrogens with one attached hydrogen (secondary N) is 1. The number of piperazine rings is 1. The van der Waals surface area contributed by atoms with E-state index in [2.05, 4.69) is 15.2 Å². The second-order valence-electron chi connectivity index (χ2n) is 5.99. The fourth-order valence-corrected chi connectivity index (χ4v) is 3.26. The van der Waals surface area contributed by atoms with Crippen molar-refractivity contribution in [3.63, 3.8) is 0 Å². The Bertz CT molecular complexity index is 837. The van der Waals surface area contributed by atoms with Gasteiger partial charge in [0.2, 0.25) is 5.91 Å². The highest BCUT2D eigenvalue weighted by Crippen LogP contribution is 2.19. The molecule has 3 rings (SSSR count). The zero-order valence-corrected chi connectivity index (χ0v) is 16.6. The lowest BCUT2D eigenvalue weighted by atomic mass is 10.2. The molecule has 1 aromatic carbocycles. The highest BCUT2D eigenvalue weighted by molar-refractivity contribution is 6.34. The van der Waals surface area contributed by atoms with E-state index < -0.39 is 5.91 Å². The van der Waals surface area contributed by atoms with Gasteiger partial charge in [-0.25, -0.2) is 4.98 Å². The standard InChI is InChI=1S/C18H17Cl3N4O2/c19-12-1-3-13(4-2-12)24-7-9-25(10-8-24)16(26)11-22-18(27)17-14(20)5-6-15(21)23-17/h1-6H,7-11H2,(H,22,27). The number of amides is 2. The second-order valence-corrected chi connectivity index (χ2v) is 7.22. The molecule has 0 atom stereocenters. The van der Waals surface area contributed by atoms with Crippen molar-refractivity contribution in [1.82, 2.24) is 15.2 Å². The first-order valence-electron chi connectivity index (χ1n) is 8.32. The topological polar surface area (TPSA) is 65.5 Å². The van der Waals surface area contributed by atoms with E-state index >= 15 is 0 Å². The lowest BCUT2D eigenvalue weighted by Gasteiger charge is -2.36. The van der Waals surface area contributed by atoms with Gasteiger partial charge in [0.05, 0.1) is 11.6 Å². The largest absolute Gasteiger partial charge is 0.368 e. The molecule has 0 radical (unpaired) electrons. The molecule has 0 spiro atoms. The van der Waals surface area contributed by atoms with Crippen LogP contribution in [0.2, 0.25) is 15.2 Å². The van der Waals surface area contributed by atoms with Gasteiger partial charge in [0, 0.05) is 36.9 Å². The van der Waals surface area contributed by atoms with Crippen LogP contribution < -0.4 is 10.2 Å². The summed E-state index contributed by atoms with van der Waals surface area (Å²) in [5.41, 5.74) is 1.07. The number of hydrogen-bond acceptors (Lipinski definition) is 4. The third-order valence-electron chi connectivity index (χ3n) is 4.25. The Hall–Kier alpha value is -2.02. The smallest absolute Gasteiger partial charge is 0.271 e. The van der Waals surface area contributed by atoms with Gasteiger partial charge in [-0.2, -0.15) is 0 Å². The second kappa shape index (κ2) is 8.78. The van der Waals surface area contributed by atoms with E-state index in [0.717, 1.165) is 5.69 Å². The molecule has 1 aromatic heterocycles. The number of carbonyl (C=O) groups is 2. The number of aromatic nitrogens is 1. The lowest BCUT2D eigenvalue weighted by Crippen LogP contribution is -2.51. The molecule has 0 saturated carbocycles. The summed E-state index contributed by atoms with van der Waals surface area (Å²) in [6, 6.07) is 10.6. The van der Waals surface area contributed by atoms with Crippen LogP contribution in [0.1, 0.15) is 10.5 Å². The number of nitrogens with zero attached hydrogens (tertiary/aromatic N) is 3.